The summed E-state index contributed by atoms with van der Waals surface area (Å²) in [7, 11) is 0. The lowest BCUT2D eigenvalue weighted by molar-refractivity contribution is 0.378. The normalized spacial score (nSPS) is 10.6. The number of hydrogen-bond donors (Lipinski definition) is 1. The maximum Gasteiger partial charge on any atom is 0.201 e. The highest BCUT2D eigenvalue weighted by Gasteiger charge is 2.12. The van der Waals surface area contributed by atoms with Crippen molar-refractivity contribution in [3.05, 3.63) is 41.8 Å². The smallest absolute Gasteiger partial charge is 0.201 e. The predicted molar refractivity (Wildman–Crippen MR) is 64.5 cm³/mol. The second-order valence-electron chi connectivity index (χ2n) is 3.82. The van der Waals surface area contributed by atoms with Crippen LogP contribution in [0.1, 0.15) is 11.3 Å². The van der Waals surface area contributed by atoms with E-state index in [-0.39, 0.29) is 0 Å². The quantitative estimate of drug-likeness (QED) is 0.731. The highest BCUT2D eigenvalue weighted by molar-refractivity contribution is 5.84. The molecule has 0 radical (unpaired) electrons. The fourth-order valence-corrected chi connectivity index (χ4v) is 1.90. The van der Waals surface area contributed by atoms with E-state index < -0.39 is 0 Å². The van der Waals surface area contributed by atoms with Gasteiger partial charge in [0.1, 0.15) is 11.6 Å². The Morgan fingerprint density at radius 1 is 1.39 bits per heavy atom. The van der Waals surface area contributed by atoms with E-state index in [0.29, 0.717) is 29.3 Å². The fraction of sp³-hybridized carbons (Fsp3) is 0.0833. The Labute approximate surface area is 102 Å². The molecule has 0 bridgehead atoms. The fourth-order valence-electron chi connectivity index (χ4n) is 1.90. The highest BCUT2D eigenvalue weighted by atomic mass is 16.5. The zero-order chi connectivity index (χ0) is 12.5. The number of nitriles is 1. The maximum absolute atomic E-state index is 9.02. The first-order valence-electron chi connectivity index (χ1n) is 5.34. The van der Waals surface area contributed by atoms with Gasteiger partial charge in [0.25, 0.3) is 0 Å². The van der Waals surface area contributed by atoms with Crippen LogP contribution in [-0.2, 0) is 6.54 Å². The molecular formula is C12H9N5O. The summed E-state index contributed by atoms with van der Waals surface area (Å²) in [5.41, 5.74) is 7.80. The molecule has 0 aliphatic heterocycles. The topological polar surface area (TPSA) is 93.7 Å². The molecule has 0 aliphatic carbocycles. The summed E-state index contributed by atoms with van der Waals surface area (Å²) < 4.78 is 6.84. The largest absolute Gasteiger partial charge is 0.369 e. The molecule has 0 spiro atoms. The molecule has 3 rings (SSSR count). The summed E-state index contributed by atoms with van der Waals surface area (Å²) in [6.07, 6.45) is 1.57. The van der Waals surface area contributed by atoms with Crippen LogP contribution in [0.15, 0.2) is 35.0 Å². The third kappa shape index (κ3) is 1.50. The van der Waals surface area contributed by atoms with Crippen LogP contribution in [0.2, 0.25) is 0 Å². The van der Waals surface area contributed by atoms with Gasteiger partial charge in [-0.25, -0.2) is 4.98 Å². The number of nitrogens with zero attached hydrogens (tertiary/aromatic N) is 4. The number of rotatable bonds is 2. The minimum absolute atomic E-state index is 0.351. The minimum atomic E-state index is 0.351. The molecule has 2 aromatic heterocycles. The SMILES string of the molecule is N#Cc1cccc2c1nc(N)n2Cc1ccno1. The van der Waals surface area contributed by atoms with Crippen LogP contribution in [-0.4, -0.2) is 14.7 Å². The van der Waals surface area contributed by atoms with Gasteiger partial charge < -0.3 is 14.8 Å². The first kappa shape index (κ1) is 10.4. The first-order chi connectivity index (χ1) is 8.79. The lowest BCUT2D eigenvalue weighted by Crippen LogP contribution is -2.03. The Morgan fingerprint density at radius 2 is 2.28 bits per heavy atom. The van der Waals surface area contributed by atoms with Crippen molar-refractivity contribution in [3.8, 4) is 6.07 Å². The zero-order valence-corrected chi connectivity index (χ0v) is 9.37. The van der Waals surface area contributed by atoms with Crippen LogP contribution in [0, 0.1) is 11.3 Å². The van der Waals surface area contributed by atoms with E-state index in [9.17, 15) is 0 Å². The van der Waals surface area contributed by atoms with E-state index in [1.165, 1.54) is 0 Å². The molecule has 0 fully saturated rings. The molecule has 0 atom stereocenters. The second-order valence-corrected chi connectivity index (χ2v) is 3.82. The number of benzene rings is 1. The third-order valence-corrected chi connectivity index (χ3v) is 2.73. The van der Waals surface area contributed by atoms with Crippen molar-refractivity contribution in [2.24, 2.45) is 0 Å². The summed E-state index contributed by atoms with van der Waals surface area (Å²) in [4.78, 5) is 4.22. The number of nitrogen functional groups attached to an aromatic ring is 1. The van der Waals surface area contributed by atoms with E-state index in [1.54, 1.807) is 29.0 Å². The van der Waals surface area contributed by atoms with Gasteiger partial charge in [-0.1, -0.05) is 11.2 Å². The Kier molecular flexibility index (Phi) is 2.24. The van der Waals surface area contributed by atoms with Gasteiger partial charge in [-0.05, 0) is 12.1 Å². The van der Waals surface area contributed by atoms with Crippen molar-refractivity contribution in [1.82, 2.24) is 14.7 Å². The number of aromatic nitrogens is 3. The molecule has 0 saturated heterocycles. The molecule has 2 N–H and O–H groups in total. The Bertz CT molecular complexity index is 736. The van der Waals surface area contributed by atoms with Crippen LogP contribution in [0.4, 0.5) is 5.95 Å². The van der Waals surface area contributed by atoms with Gasteiger partial charge in [0.05, 0.1) is 23.8 Å². The summed E-state index contributed by atoms with van der Waals surface area (Å²) in [6.45, 7) is 0.442. The van der Waals surface area contributed by atoms with Crippen LogP contribution in [0.25, 0.3) is 11.0 Å². The lowest BCUT2D eigenvalue weighted by atomic mass is 10.2. The van der Waals surface area contributed by atoms with Gasteiger partial charge in [-0.2, -0.15) is 5.26 Å². The summed E-state index contributed by atoms with van der Waals surface area (Å²) >= 11 is 0. The first-order valence-corrected chi connectivity index (χ1v) is 5.34. The number of imidazole rings is 1. The molecule has 0 aliphatic rings. The van der Waals surface area contributed by atoms with Gasteiger partial charge in [0.15, 0.2) is 5.76 Å². The van der Waals surface area contributed by atoms with Gasteiger partial charge >= 0.3 is 0 Å². The lowest BCUT2D eigenvalue weighted by Gasteiger charge is -2.02. The van der Waals surface area contributed by atoms with Crippen molar-refractivity contribution in [2.45, 2.75) is 6.54 Å². The molecule has 6 heteroatoms. The molecule has 6 nitrogen and oxygen atoms in total. The van der Waals surface area contributed by atoms with E-state index in [2.05, 4.69) is 16.2 Å². The molecule has 0 saturated carbocycles. The number of anilines is 1. The second kappa shape index (κ2) is 3.89. The van der Waals surface area contributed by atoms with Crippen molar-refractivity contribution in [3.63, 3.8) is 0 Å². The van der Waals surface area contributed by atoms with Crippen LogP contribution >= 0.6 is 0 Å². The monoisotopic (exact) mass is 239 g/mol. The Balaban J connectivity index is 2.18. The standard InChI is InChI=1S/C12H9N5O/c13-6-8-2-1-3-10-11(8)16-12(14)17(10)7-9-4-5-15-18-9/h1-5H,7H2,(H2,14,16). The van der Waals surface area contributed by atoms with Gasteiger partial charge in [-0.15, -0.1) is 0 Å². The maximum atomic E-state index is 9.02. The van der Waals surface area contributed by atoms with Crippen LogP contribution in [0.5, 0.6) is 0 Å². The number of para-hydroxylation sites is 1. The summed E-state index contributed by atoms with van der Waals surface area (Å²) in [5.74, 6) is 1.03. The van der Waals surface area contributed by atoms with Gasteiger partial charge in [0.2, 0.25) is 5.95 Å². The summed E-state index contributed by atoms with van der Waals surface area (Å²) in [5, 5.41) is 12.7. The van der Waals surface area contributed by atoms with E-state index in [1.807, 2.05) is 6.07 Å². The third-order valence-electron chi connectivity index (χ3n) is 2.73. The minimum Gasteiger partial charge on any atom is -0.369 e. The number of hydrogen-bond acceptors (Lipinski definition) is 5. The van der Waals surface area contributed by atoms with Crippen LogP contribution in [0.3, 0.4) is 0 Å². The van der Waals surface area contributed by atoms with Crippen LogP contribution < -0.4 is 5.73 Å². The van der Waals surface area contributed by atoms with Crippen molar-refractivity contribution >= 4 is 17.0 Å². The number of fused-ring (bicyclic) bond motifs is 1. The molecule has 2 heterocycles. The zero-order valence-electron chi connectivity index (χ0n) is 9.37. The van der Waals surface area contributed by atoms with Gasteiger partial charge in [0, 0.05) is 6.07 Å². The molecule has 3 aromatic rings. The average molecular weight is 239 g/mol. The van der Waals surface area contributed by atoms with E-state index in [4.69, 9.17) is 15.5 Å². The van der Waals surface area contributed by atoms with Gasteiger partial charge in [-0.3, -0.25) is 0 Å². The molecule has 1 aromatic carbocycles. The van der Waals surface area contributed by atoms with Crippen molar-refractivity contribution in [1.29, 1.82) is 5.26 Å². The molecular weight excluding hydrogens is 230 g/mol. The molecule has 0 amide bonds. The number of nitrogens with two attached hydrogens (primary N) is 1. The molecule has 18 heavy (non-hydrogen) atoms. The Hall–Kier alpha value is -2.81. The summed E-state index contributed by atoms with van der Waals surface area (Å²) in [6, 6.07) is 9.26. The molecule has 88 valence electrons. The molecule has 0 unspecified atom stereocenters. The predicted octanol–water partition coefficient (Wildman–Crippen LogP) is 1.53. The van der Waals surface area contributed by atoms with Crippen molar-refractivity contribution in [2.75, 3.05) is 5.73 Å². The average Bonchev–Trinajstić information content (AvgIpc) is 2.99. The van der Waals surface area contributed by atoms with Crippen molar-refractivity contribution < 1.29 is 4.52 Å². The van der Waals surface area contributed by atoms with E-state index in [0.717, 1.165) is 5.52 Å². The van der Waals surface area contributed by atoms with E-state index >= 15 is 0 Å². The highest BCUT2D eigenvalue weighted by Crippen LogP contribution is 2.22. The Morgan fingerprint density at radius 3 is 3.00 bits per heavy atom.